The number of rotatable bonds is 11. The van der Waals surface area contributed by atoms with Crippen LogP contribution in [0.2, 0.25) is 0 Å². The molecule has 2 saturated carbocycles. The third-order valence-corrected chi connectivity index (χ3v) is 9.62. The lowest BCUT2D eigenvalue weighted by Gasteiger charge is -2.29. The Morgan fingerprint density at radius 2 is 1.88 bits per heavy atom. The van der Waals surface area contributed by atoms with Crippen molar-refractivity contribution in [1.82, 2.24) is 25.2 Å². The largest absolute Gasteiger partial charge is 0.489 e. The predicted molar refractivity (Wildman–Crippen MR) is 163 cm³/mol. The molecule has 3 aliphatic rings. The highest BCUT2D eigenvalue weighted by atomic mass is 32.1. The number of thiazole rings is 1. The second kappa shape index (κ2) is 12.4. The molecular weight excluding hydrogens is 568 g/mol. The van der Waals surface area contributed by atoms with Gasteiger partial charge in [-0.3, -0.25) is 9.59 Å². The summed E-state index contributed by atoms with van der Waals surface area (Å²) in [5.41, 5.74) is 6.95. The van der Waals surface area contributed by atoms with Gasteiger partial charge in [-0.15, -0.1) is 11.3 Å². The minimum Gasteiger partial charge on any atom is -0.489 e. The number of aromatic nitrogens is 3. The van der Waals surface area contributed by atoms with Crippen LogP contribution in [0.25, 0.3) is 5.52 Å². The van der Waals surface area contributed by atoms with Crippen LogP contribution in [-0.4, -0.2) is 69.0 Å². The highest BCUT2D eigenvalue weighted by molar-refractivity contribution is 7.14. The smallest absolute Gasteiger partial charge is 0.264 e. The minimum absolute atomic E-state index is 0.0149. The summed E-state index contributed by atoms with van der Waals surface area (Å²) in [4.78, 5) is 30.6. The summed E-state index contributed by atoms with van der Waals surface area (Å²) in [5, 5.41) is 22.2. The molecule has 3 aromatic rings. The lowest BCUT2D eigenvalue weighted by atomic mass is 9.92. The molecule has 3 fully saturated rings. The zero-order valence-corrected chi connectivity index (χ0v) is 25.8. The number of carbonyl (C=O) groups excluding carboxylic acids is 2. The summed E-state index contributed by atoms with van der Waals surface area (Å²) in [6.45, 7) is 5.62. The molecule has 1 saturated heterocycles. The Labute approximate surface area is 255 Å². The standard InChI is InChI=1S/C31H42N6O5S/c1-31(2,40)17-41-24-10-9-23-22(16-34-37(23)26(24)19-3-4-19)29(39)35-20-5-7-21(8-6-20)42-30-27(28(32)38)43-25(36-30)15-18-11-13-33-14-12-18/h9-10,16,18-21,33,40H,3-8,11-15,17H2,1-2H3,(H2,32,38)(H,35,39)/t20-,21-. The first-order valence-corrected chi connectivity index (χ1v) is 16.3. The van der Waals surface area contributed by atoms with Crippen molar-refractivity contribution in [2.75, 3.05) is 19.7 Å². The van der Waals surface area contributed by atoms with Crippen LogP contribution >= 0.6 is 11.3 Å². The van der Waals surface area contributed by atoms with Gasteiger partial charge in [0.1, 0.15) is 18.5 Å². The van der Waals surface area contributed by atoms with Gasteiger partial charge in [-0.1, -0.05) is 0 Å². The molecule has 4 heterocycles. The fourth-order valence-electron chi connectivity index (χ4n) is 6.09. The number of hydrogen-bond donors (Lipinski definition) is 4. The molecule has 0 spiro atoms. The summed E-state index contributed by atoms with van der Waals surface area (Å²) in [6.07, 6.45) is 9.69. The predicted octanol–water partition coefficient (Wildman–Crippen LogP) is 3.58. The summed E-state index contributed by atoms with van der Waals surface area (Å²) in [7, 11) is 0. The van der Waals surface area contributed by atoms with Gasteiger partial charge in [0.25, 0.3) is 11.8 Å². The summed E-state index contributed by atoms with van der Waals surface area (Å²) < 4.78 is 14.0. The van der Waals surface area contributed by atoms with E-state index in [0.717, 1.165) is 87.1 Å². The number of ether oxygens (including phenoxy) is 2. The number of nitrogens with zero attached hydrogens (tertiary/aromatic N) is 3. The van der Waals surface area contributed by atoms with Crippen molar-refractivity contribution in [2.45, 2.75) is 95.3 Å². The van der Waals surface area contributed by atoms with E-state index in [9.17, 15) is 14.7 Å². The van der Waals surface area contributed by atoms with Gasteiger partial charge in [0, 0.05) is 18.4 Å². The fraction of sp³-hybridized carbons (Fsp3) is 0.613. The first-order chi connectivity index (χ1) is 20.6. The molecule has 0 radical (unpaired) electrons. The van der Waals surface area contributed by atoms with E-state index in [0.29, 0.717) is 33.9 Å². The molecule has 0 aromatic carbocycles. The van der Waals surface area contributed by atoms with E-state index in [-0.39, 0.29) is 24.7 Å². The number of carbonyl (C=O) groups is 2. The van der Waals surface area contributed by atoms with Gasteiger partial charge in [0.2, 0.25) is 5.88 Å². The van der Waals surface area contributed by atoms with E-state index < -0.39 is 11.5 Å². The Morgan fingerprint density at radius 1 is 1.14 bits per heavy atom. The van der Waals surface area contributed by atoms with Crippen molar-refractivity contribution >= 4 is 28.7 Å². The Hall–Kier alpha value is -3.22. The number of pyridine rings is 1. The van der Waals surface area contributed by atoms with Crippen LogP contribution in [0.3, 0.4) is 0 Å². The van der Waals surface area contributed by atoms with Crippen LogP contribution in [0.15, 0.2) is 18.3 Å². The molecule has 2 amide bonds. The fourth-order valence-corrected chi connectivity index (χ4v) is 7.05. The van der Waals surface area contributed by atoms with Crippen molar-refractivity contribution in [2.24, 2.45) is 11.7 Å². The van der Waals surface area contributed by atoms with Gasteiger partial charge >= 0.3 is 0 Å². The molecule has 0 atom stereocenters. The molecule has 232 valence electrons. The maximum Gasteiger partial charge on any atom is 0.264 e. The molecule has 6 rings (SSSR count). The topological polar surface area (TPSA) is 153 Å². The van der Waals surface area contributed by atoms with Crippen molar-refractivity contribution < 1.29 is 24.2 Å². The molecule has 5 N–H and O–H groups in total. The molecule has 11 nitrogen and oxygen atoms in total. The van der Waals surface area contributed by atoms with Crippen LogP contribution in [-0.2, 0) is 6.42 Å². The number of nitrogens with one attached hydrogen (secondary N) is 2. The molecule has 1 aliphatic heterocycles. The highest BCUT2D eigenvalue weighted by Crippen LogP contribution is 2.44. The third-order valence-electron chi connectivity index (χ3n) is 8.54. The van der Waals surface area contributed by atoms with Gasteiger partial charge in [-0.05, 0) is 96.4 Å². The number of fused-ring (bicyclic) bond motifs is 1. The lowest BCUT2D eigenvalue weighted by molar-refractivity contribution is 0.0279. The number of primary amides is 1. The Balaban J connectivity index is 1.06. The number of hydrogen-bond acceptors (Lipinski definition) is 9. The quantitative estimate of drug-likeness (QED) is 0.257. The van der Waals surface area contributed by atoms with E-state index in [1.807, 2.05) is 16.6 Å². The van der Waals surface area contributed by atoms with Gasteiger partial charge in [-0.2, -0.15) is 5.10 Å². The Morgan fingerprint density at radius 3 is 2.56 bits per heavy atom. The van der Waals surface area contributed by atoms with E-state index in [1.165, 1.54) is 11.3 Å². The monoisotopic (exact) mass is 610 g/mol. The average Bonchev–Trinajstić information content (AvgIpc) is 3.59. The summed E-state index contributed by atoms with van der Waals surface area (Å²) in [5.74, 6) is 1.30. The first-order valence-electron chi connectivity index (χ1n) is 15.5. The van der Waals surface area contributed by atoms with Crippen LogP contribution in [0, 0.1) is 5.92 Å². The maximum absolute atomic E-state index is 13.4. The molecule has 0 unspecified atom stereocenters. The zero-order chi connectivity index (χ0) is 30.1. The molecule has 2 aliphatic carbocycles. The second-order valence-corrected chi connectivity index (χ2v) is 14.0. The van der Waals surface area contributed by atoms with Gasteiger partial charge in [-0.25, -0.2) is 9.50 Å². The third kappa shape index (κ3) is 7.13. The van der Waals surface area contributed by atoms with Gasteiger partial charge in [0.15, 0.2) is 4.88 Å². The molecule has 0 bridgehead atoms. The normalized spacial score (nSPS) is 21.6. The molecule has 12 heteroatoms. The van der Waals surface area contributed by atoms with E-state index >= 15 is 0 Å². The van der Waals surface area contributed by atoms with Crippen molar-refractivity contribution in [3.05, 3.63) is 39.5 Å². The van der Waals surface area contributed by atoms with Crippen molar-refractivity contribution in [1.29, 1.82) is 0 Å². The van der Waals surface area contributed by atoms with Crippen LogP contribution in [0.5, 0.6) is 11.6 Å². The van der Waals surface area contributed by atoms with Crippen molar-refractivity contribution in [3.63, 3.8) is 0 Å². The summed E-state index contributed by atoms with van der Waals surface area (Å²) >= 11 is 1.35. The Kier molecular flexibility index (Phi) is 8.61. The Bertz CT molecular complexity index is 1460. The number of piperidine rings is 1. The zero-order valence-electron chi connectivity index (χ0n) is 24.9. The first kappa shape index (κ1) is 29.8. The van der Waals surface area contributed by atoms with Crippen LogP contribution in [0.1, 0.15) is 102 Å². The van der Waals surface area contributed by atoms with E-state index in [2.05, 4.69) is 20.7 Å². The van der Waals surface area contributed by atoms with Crippen molar-refractivity contribution in [3.8, 4) is 11.6 Å². The maximum atomic E-state index is 13.4. The van der Waals surface area contributed by atoms with Crippen LogP contribution < -0.4 is 25.8 Å². The van der Waals surface area contributed by atoms with E-state index in [1.54, 1.807) is 20.0 Å². The van der Waals surface area contributed by atoms with Crippen LogP contribution in [0.4, 0.5) is 0 Å². The molecular formula is C31H42N6O5S. The SMILES string of the molecule is CC(C)(O)COc1ccc2c(C(=O)N[C@H]3CC[C@H](Oc4nc(CC5CCNCC5)sc4C(N)=O)CC3)cnn2c1C1CC1. The molecule has 3 aromatic heterocycles. The number of aliphatic hydroxyl groups is 1. The summed E-state index contributed by atoms with van der Waals surface area (Å²) in [6, 6.07) is 3.76. The number of amides is 2. The average molecular weight is 611 g/mol. The minimum atomic E-state index is -0.950. The second-order valence-electron chi connectivity index (χ2n) is 12.9. The highest BCUT2D eigenvalue weighted by Gasteiger charge is 2.32. The van der Waals surface area contributed by atoms with E-state index in [4.69, 9.17) is 15.2 Å². The number of nitrogens with two attached hydrogens (primary N) is 1. The van der Waals surface area contributed by atoms with Gasteiger partial charge in [0.05, 0.1) is 33.6 Å². The lowest BCUT2D eigenvalue weighted by Crippen LogP contribution is -2.39. The van der Waals surface area contributed by atoms with Gasteiger partial charge < -0.3 is 30.9 Å². The molecule has 43 heavy (non-hydrogen) atoms.